The molecule has 138 valence electrons. The Kier molecular flexibility index (Phi) is 5.30. The van der Waals surface area contributed by atoms with Crippen LogP contribution < -0.4 is 15.4 Å². The van der Waals surface area contributed by atoms with Gasteiger partial charge in [-0.1, -0.05) is 0 Å². The molecule has 1 fully saturated rings. The fourth-order valence-electron chi connectivity index (χ4n) is 3.62. The summed E-state index contributed by atoms with van der Waals surface area (Å²) >= 11 is 0. The number of anilines is 2. The molecule has 3 rings (SSSR count). The molecular weight excluding hydrogens is 328 g/mol. The molecule has 0 unspecified atom stereocenters. The first kappa shape index (κ1) is 18.0. The maximum Gasteiger partial charge on any atom is 0.161 e. The molecule has 6 heteroatoms. The minimum atomic E-state index is 0.0165. The maximum absolute atomic E-state index is 12.1. The summed E-state index contributed by atoms with van der Waals surface area (Å²) in [5, 5.41) is 0. The average molecular weight is 354 g/mol. The first-order chi connectivity index (χ1) is 12.5. The van der Waals surface area contributed by atoms with Crippen molar-refractivity contribution in [3.05, 3.63) is 41.9 Å². The molecule has 2 aliphatic rings. The lowest BCUT2D eigenvalue weighted by atomic mass is 9.99. The maximum atomic E-state index is 12.1. The van der Waals surface area contributed by atoms with Gasteiger partial charge in [0, 0.05) is 55.1 Å². The Morgan fingerprint density at radius 1 is 1.31 bits per heavy atom. The lowest BCUT2D eigenvalue weighted by Gasteiger charge is -2.39. The lowest BCUT2D eigenvalue weighted by Crippen LogP contribution is -2.42. The molecule has 1 saturated heterocycles. The molecule has 1 aromatic carbocycles. The van der Waals surface area contributed by atoms with E-state index < -0.39 is 0 Å². The van der Waals surface area contributed by atoms with Gasteiger partial charge in [0.1, 0.15) is 5.75 Å². The van der Waals surface area contributed by atoms with Crippen LogP contribution in [-0.2, 0) is 0 Å². The number of nitrogen functional groups attached to an aromatic ring is 1. The first-order valence-corrected chi connectivity index (χ1v) is 8.89. The van der Waals surface area contributed by atoms with Crippen molar-refractivity contribution >= 4 is 23.4 Å². The van der Waals surface area contributed by atoms with Gasteiger partial charge in [0.05, 0.1) is 18.5 Å². The number of aliphatic imine (C=N–C) groups is 1. The van der Waals surface area contributed by atoms with Crippen molar-refractivity contribution in [1.29, 1.82) is 0 Å². The molecule has 0 atom stereocenters. The van der Waals surface area contributed by atoms with Crippen LogP contribution in [0.4, 0.5) is 11.4 Å². The number of benzene rings is 1. The number of hydrogen-bond donors (Lipinski definition) is 1. The van der Waals surface area contributed by atoms with Crippen molar-refractivity contribution in [2.75, 3.05) is 30.8 Å². The van der Waals surface area contributed by atoms with E-state index in [0.717, 1.165) is 37.3 Å². The van der Waals surface area contributed by atoms with Crippen LogP contribution in [0.2, 0.25) is 0 Å². The van der Waals surface area contributed by atoms with E-state index in [1.807, 2.05) is 18.3 Å². The Balaban J connectivity index is 1.79. The number of nitrogens with zero attached hydrogens (tertiary/aromatic N) is 3. The molecule has 0 saturated carbocycles. The third-order valence-electron chi connectivity index (χ3n) is 5.01. The summed E-state index contributed by atoms with van der Waals surface area (Å²) in [6.45, 7) is 5.40. The smallest absolute Gasteiger partial charge is 0.161 e. The van der Waals surface area contributed by atoms with Gasteiger partial charge in [-0.25, -0.2) is 0 Å². The summed E-state index contributed by atoms with van der Waals surface area (Å²) in [4.78, 5) is 20.9. The zero-order valence-corrected chi connectivity index (χ0v) is 15.6. The van der Waals surface area contributed by atoms with E-state index in [1.165, 1.54) is 0 Å². The SMILES string of the molecule is COc1cc(N2CCC(N3C=CC=NC=C3C)CC2)c(C(C)=O)cc1N. The van der Waals surface area contributed by atoms with Crippen LogP contribution in [0.3, 0.4) is 0 Å². The number of Topliss-reactive ketones (excluding diaryl/α,β-unsaturated/α-hetero) is 1. The zero-order chi connectivity index (χ0) is 18.7. The van der Waals surface area contributed by atoms with Crippen molar-refractivity contribution in [2.24, 2.45) is 4.99 Å². The van der Waals surface area contributed by atoms with E-state index in [4.69, 9.17) is 10.5 Å². The number of ether oxygens (including phenoxy) is 1. The van der Waals surface area contributed by atoms with Crippen LogP contribution in [0.5, 0.6) is 5.75 Å². The van der Waals surface area contributed by atoms with Gasteiger partial charge < -0.3 is 20.3 Å². The molecule has 2 N–H and O–H groups in total. The molecule has 6 nitrogen and oxygen atoms in total. The van der Waals surface area contributed by atoms with Crippen molar-refractivity contribution < 1.29 is 9.53 Å². The summed E-state index contributed by atoms with van der Waals surface area (Å²) in [5.74, 6) is 0.626. The fourth-order valence-corrected chi connectivity index (χ4v) is 3.62. The number of carbonyl (C=O) groups excluding carboxylic acids is 1. The number of allylic oxidation sites excluding steroid dienone is 2. The summed E-state index contributed by atoms with van der Waals surface area (Å²) in [6.07, 6.45) is 9.76. The molecule has 0 aromatic heterocycles. The summed E-state index contributed by atoms with van der Waals surface area (Å²) in [7, 11) is 1.60. The van der Waals surface area contributed by atoms with E-state index in [2.05, 4.69) is 27.9 Å². The van der Waals surface area contributed by atoms with Gasteiger partial charge in [0.2, 0.25) is 0 Å². The Labute approximate surface area is 154 Å². The second-order valence-electron chi connectivity index (χ2n) is 6.70. The largest absolute Gasteiger partial charge is 0.495 e. The van der Waals surface area contributed by atoms with Crippen molar-refractivity contribution in [3.63, 3.8) is 0 Å². The molecule has 0 spiro atoms. The highest BCUT2D eigenvalue weighted by atomic mass is 16.5. The van der Waals surface area contributed by atoms with E-state index >= 15 is 0 Å². The van der Waals surface area contributed by atoms with Gasteiger partial charge in [-0.15, -0.1) is 0 Å². The standard InChI is InChI=1S/C20H26N4O2/c1-14-13-22-7-4-8-24(14)16-5-9-23(10-6-16)19-12-20(26-3)18(21)11-17(19)15(2)25/h4,7-8,11-13,16H,5-6,9-10,21H2,1-3H3. The summed E-state index contributed by atoms with van der Waals surface area (Å²) in [5.41, 5.74) is 9.19. The third kappa shape index (κ3) is 3.59. The van der Waals surface area contributed by atoms with Gasteiger partial charge >= 0.3 is 0 Å². The zero-order valence-electron chi connectivity index (χ0n) is 15.6. The van der Waals surface area contributed by atoms with Crippen LogP contribution in [0.25, 0.3) is 0 Å². The third-order valence-corrected chi connectivity index (χ3v) is 5.01. The average Bonchev–Trinajstić information content (AvgIpc) is 2.86. The predicted molar refractivity (Wildman–Crippen MR) is 106 cm³/mol. The van der Waals surface area contributed by atoms with Crippen molar-refractivity contribution in [2.45, 2.75) is 32.7 Å². The Morgan fingerprint density at radius 2 is 2.04 bits per heavy atom. The quantitative estimate of drug-likeness (QED) is 0.664. The summed E-state index contributed by atoms with van der Waals surface area (Å²) in [6, 6.07) is 4.04. The number of methoxy groups -OCH3 is 1. The Morgan fingerprint density at radius 3 is 2.69 bits per heavy atom. The van der Waals surface area contributed by atoms with Crippen LogP contribution in [-0.4, -0.2) is 43.1 Å². The molecule has 0 aliphatic carbocycles. The number of hydrogen-bond acceptors (Lipinski definition) is 6. The van der Waals surface area contributed by atoms with Gasteiger partial charge in [0.15, 0.2) is 5.78 Å². The Bertz CT molecular complexity index is 774. The molecule has 0 bridgehead atoms. The first-order valence-electron chi connectivity index (χ1n) is 8.89. The van der Waals surface area contributed by atoms with Gasteiger partial charge in [-0.3, -0.25) is 9.79 Å². The van der Waals surface area contributed by atoms with E-state index in [9.17, 15) is 4.79 Å². The van der Waals surface area contributed by atoms with Crippen molar-refractivity contribution in [1.82, 2.24) is 4.90 Å². The monoisotopic (exact) mass is 354 g/mol. The van der Waals surface area contributed by atoms with Crippen molar-refractivity contribution in [3.8, 4) is 5.75 Å². The van der Waals surface area contributed by atoms with E-state index in [0.29, 0.717) is 23.0 Å². The molecule has 0 amide bonds. The second-order valence-corrected chi connectivity index (χ2v) is 6.70. The van der Waals surface area contributed by atoms with Crippen LogP contribution in [0.1, 0.15) is 37.0 Å². The molecule has 0 radical (unpaired) electrons. The van der Waals surface area contributed by atoms with Gasteiger partial charge in [-0.05, 0) is 38.8 Å². The number of ketones is 1. The minimum Gasteiger partial charge on any atom is -0.495 e. The van der Waals surface area contributed by atoms with E-state index in [1.54, 1.807) is 26.3 Å². The van der Waals surface area contributed by atoms with Gasteiger partial charge in [-0.2, -0.15) is 0 Å². The molecular formula is C20H26N4O2. The summed E-state index contributed by atoms with van der Waals surface area (Å²) < 4.78 is 5.35. The van der Waals surface area contributed by atoms with Crippen LogP contribution in [0.15, 0.2) is 41.3 Å². The van der Waals surface area contributed by atoms with Crippen LogP contribution in [0, 0.1) is 0 Å². The van der Waals surface area contributed by atoms with Crippen LogP contribution >= 0.6 is 0 Å². The number of nitrogens with two attached hydrogens (primary N) is 1. The second kappa shape index (κ2) is 7.64. The topological polar surface area (TPSA) is 71.2 Å². The highest BCUT2D eigenvalue weighted by Crippen LogP contribution is 2.34. The highest BCUT2D eigenvalue weighted by Gasteiger charge is 2.26. The number of rotatable bonds is 4. The lowest BCUT2D eigenvalue weighted by molar-refractivity contribution is 0.101. The number of carbonyl (C=O) groups is 1. The molecule has 2 aliphatic heterocycles. The fraction of sp³-hybridized carbons (Fsp3) is 0.400. The molecule has 1 aromatic rings. The molecule has 2 heterocycles. The van der Waals surface area contributed by atoms with E-state index in [-0.39, 0.29) is 5.78 Å². The minimum absolute atomic E-state index is 0.0165. The predicted octanol–water partition coefficient (Wildman–Crippen LogP) is 3.21. The molecule has 26 heavy (non-hydrogen) atoms. The normalized spacial score (nSPS) is 17.9. The number of piperidine rings is 1. The van der Waals surface area contributed by atoms with Gasteiger partial charge in [0.25, 0.3) is 0 Å². The highest BCUT2D eigenvalue weighted by molar-refractivity contribution is 6.01. The Hall–Kier alpha value is -2.76.